The molecule has 228 valence electrons. The molecule has 0 radical (unpaired) electrons. The van der Waals surface area contributed by atoms with Crippen LogP contribution in [0.3, 0.4) is 0 Å². The van der Waals surface area contributed by atoms with Crippen molar-refractivity contribution in [1.82, 2.24) is 4.98 Å². The molecule has 0 spiro atoms. The number of aromatic nitrogens is 1. The van der Waals surface area contributed by atoms with Crippen LogP contribution in [0.1, 0.15) is 22.3 Å². The molecule has 1 aliphatic rings. The van der Waals surface area contributed by atoms with E-state index in [1.54, 1.807) is 0 Å². The smallest absolute Gasteiger partial charge is 0.0794 e. The summed E-state index contributed by atoms with van der Waals surface area (Å²) in [6.07, 6.45) is 0. The average Bonchev–Trinajstić information content (AvgIpc) is 3.48. The van der Waals surface area contributed by atoms with Gasteiger partial charge in [-0.15, -0.1) is 0 Å². The summed E-state index contributed by atoms with van der Waals surface area (Å²) in [5.41, 5.74) is 14.2. The lowest BCUT2D eigenvalue weighted by Crippen LogP contribution is -2.28. The molecule has 1 nitrogen and oxygen atoms in total. The van der Waals surface area contributed by atoms with E-state index >= 15 is 0 Å². The molecule has 0 aliphatic heterocycles. The molecule has 9 aromatic rings. The number of nitrogens with zero attached hydrogens (tertiary/aromatic N) is 1. The van der Waals surface area contributed by atoms with Crippen molar-refractivity contribution < 1.29 is 0 Å². The lowest BCUT2D eigenvalue weighted by atomic mass is 9.67. The number of rotatable bonds is 4. The lowest BCUT2D eigenvalue weighted by Gasteiger charge is -2.34. The molecule has 1 heteroatoms. The Morgan fingerprint density at radius 1 is 0.367 bits per heavy atom. The zero-order chi connectivity index (χ0) is 32.4. The zero-order valence-corrected chi connectivity index (χ0v) is 26.8. The van der Waals surface area contributed by atoms with Crippen molar-refractivity contribution in [2.75, 3.05) is 0 Å². The van der Waals surface area contributed by atoms with Crippen LogP contribution in [-0.2, 0) is 5.41 Å². The van der Waals surface area contributed by atoms with E-state index in [0.717, 1.165) is 11.0 Å². The molecule has 0 atom stereocenters. The predicted molar refractivity (Wildman–Crippen MR) is 205 cm³/mol. The van der Waals surface area contributed by atoms with E-state index in [0.29, 0.717) is 0 Å². The highest BCUT2D eigenvalue weighted by Gasteiger charge is 2.45. The van der Waals surface area contributed by atoms with E-state index in [1.165, 1.54) is 77.2 Å². The first-order valence-electron chi connectivity index (χ1n) is 17.0. The van der Waals surface area contributed by atoms with Gasteiger partial charge in [-0.3, -0.25) is 0 Å². The minimum Gasteiger partial charge on any atom is -0.247 e. The van der Waals surface area contributed by atoms with Gasteiger partial charge in [-0.2, -0.15) is 0 Å². The lowest BCUT2D eigenvalue weighted by molar-refractivity contribution is 0.769. The highest BCUT2D eigenvalue weighted by atomic mass is 14.7. The molecule has 1 aliphatic carbocycles. The summed E-state index contributed by atoms with van der Waals surface area (Å²) in [6.45, 7) is 0. The summed E-state index contributed by atoms with van der Waals surface area (Å²) in [4.78, 5) is 5.20. The quantitative estimate of drug-likeness (QED) is 0.141. The van der Waals surface area contributed by atoms with Gasteiger partial charge in [-0.05, 0) is 73.7 Å². The van der Waals surface area contributed by atoms with E-state index < -0.39 is 5.41 Å². The summed E-state index contributed by atoms with van der Waals surface area (Å²) in [7, 11) is 0. The van der Waals surface area contributed by atoms with Crippen LogP contribution in [0.15, 0.2) is 188 Å². The first-order chi connectivity index (χ1) is 24.3. The van der Waals surface area contributed by atoms with Gasteiger partial charge in [0.25, 0.3) is 0 Å². The molecule has 0 saturated heterocycles. The fourth-order valence-corrected chi connectivity index (χ4v) is 8.43. The van der Waals surface area contributed by atoms with Crippen LogP contribution < -0.4 is 0 Å². The number of fused-ring (bicyclic) bond motifs is 7. The average molecular weight is 622 g/mol. The van der Waals surface area contributed by atoms with Crippen LogP contribution in [0.5, 0.6) is 0 Å². The van der Waals surface area contributed by atoms with Crippen molar-refractivity contribution in [1.29, 1.82) is 0 Å². The monoisotopic (exact) mass is 621 g/mol. The van der Waals surface area contributed by atoms with Gasteiger partial charge in [0, 0.05) is 21.7 Å². The van der Waals surface area contributed by atoms with Crippen LogP contribution >= 0.6 is 0 Å². The Balaban J connectivity index is 1.20. The Morgan fingerprint density at radius 2 is 0.959 bits per heavy atom. The van der Waals surface area contributed by atoms with Crippen molar-refractivity contribution >= 4 is 32.6 Å². The molecule has 1 aromatic heterocycles. The zero-order valence-electron chi connectivity index (χ0n) is 26.8. The second-order valence-electron chi connectivity index (χ2n) is 13.1. The molecule has 0 saturated carbocycles. The third kappa shape index (κ3) is 4.09. The van der Waals surface area contributed by atoms with Crippen molar-refractivity contribution in [2.24, 2.45) is 0 Å². The second kappa shape index (κ2) is 10.9. The van der Waals surface area contributed by atoms with Gasteiger partial charge >= 0.3 is 0 Å². The predicted octanol–water partition coefficient (Wildman–Crippen LogP) is 12.2. The number of benzene rings is 8. The van der Waals surface area contributed by atoms with E-state index in [-0.39, 0.29) is 0 Å². The van der Waals surface area contributed by atoms with Crippen LogP contribution in [-0.4, -0.2) is 4.98 Å². The SMILES string of the molecule is c1ccc(C2(c3cccc(-c4cccc(-c5c6ccccc6nc6c5ccc5ccccc56)c4)c3)c3ccccc3-c3ccccc32)cc1. The van der Waals surface area contributed by atoms with Gasteiger partial charge in [0.2, 0.25) is 0 Å². The van der Waals surface area contributed by atoms with Crippen LogP contribution in [0.2, 0.25) is 0 Å². The van der Waals surface area contributed by atoms with Crippen molar-refractivity contribution in [3.05, 3.63) is 210 Å². The van der Waals surface area contributed by atoms with E-state index in [1.807, 2.05) is 0 Å². The molecular formula is C48H31N. The number of pyridine rings is 1. The van der Waals surface area contributed by atoms with E-state index in [4.69, 9.17) is 4.98 Å². The fourth-order valence-electron chi connectivity index (χ4n) is 8.43. The largest absolute Gasteiger partial charge is 0.247 e. The van der Waals surface area contributed by atoms with Crippen LogP contribution in [0.25, 0.3) is 66.0 Å². The summed E-state index contributed by atoms with van der Waals surface area (Å²) in [5.74, 6) is 0. The summed E-state index contributed by atoms with van der Waals surface area (Å²) in [5, 5.41) is 4.72. The maximum atomic E-state index is 5.20. The number of para-hydroxylation sites is 1. The summed E-state index contributed by atoms with van der Waals surface area (Å²) < 4.78 is 0. The maximum absolute atomic E-state index is 5.20. The Morgan fingerprint density at radius 3 is 1.76 bits per heavy atom. The Kier molecular flexibility index (Phi) is 6.16. The third-order valence-corrected chi connectivity index (χ3v) is 10.5. The van der Waals surface area contributed by atoms with Crippen molar-refractivity contribution in [2.45, 2.75) is 5.41 Å². The molecule has 0 amide bonds. The topological polar surface area (TPSA) is 12.9 Å². The van der Waals surface area contributed by atoms with Gasteiger partial charge in [-0.1, -0.05) is 170 Å². The molecular weight excluding hydrogens is 591 g/mol. The van der Waals surface area contributed by atoms with Gasteiger partial charge in [-0.25, -0.2) is 4.98 Å². The molecule has 0 fully saturated rings. The van der Waals surface area contributed by atoms with Crippen molar-refractivity contribution in [3.8, 4) is 33.4 Å². The molecule has 0 unspecified atom stereocenters. The summed E-state index contributed by atoms with van der Waals surface area (Å²) >= 11 is 0. The Bertz CT molecular complexity index is 2680. The third-order valence-electron chi connectivity index (χ3n) is 10.5. The fraction of sp³-hybridized carbons (Fsp3) is 0.0208. The summed E-state index contributed by atoms with van der Waals surface area (Å²) in [6, 6.07) is 68.7. The van der Waals surface area contributed by atoms with Gasteiger partial charge in [0.05, 0.1) is 16.4 Å². The van der Waals surface area contributed by atoms with E-state index in [9.17, 15) is 0 Å². The highest BCUT2D eigenvalue weighted by Crippen LogP contribution is 2.56. The molecule has 10 rings (SSSR count). The van der Waals surface area contributed by atoms with Gasteiger partial charge < -0.3 is 0 Å². The minimum atomic E-state index is -0.430. The molecule has 49 heavy (non-hydrogen) atoms. The normalized spacial score (nSPS) is 13.1. The minimum absolute atomic E-state index is 0.430. The van der Waals surface area contributed by atoms with Gasteiger partial charge in [0.15, 0.2) is 0 Å². The maximum Gasteiger partial charge on any atom is 0.0794 e. The molecule has 1 heterocycles. The highest BCUT2D eigenvalue weighted by molar-refractivity contribution is 6.17. The first kappa shape index (κ1) is 27.8. The second-order valence-corrected chi connectivity index (χ2v) is 13.1. The standard InChI is InChI=1S/C48H31N/c1-2-18-36(19-3-1)48(43-25-9-6-22-39(43)40-23-7-10-26-44(40)48)37-20-13-16-34(31-37)33-15-12-17-35(30-33)46-41-24-8-11-27-45(41)49-47-38-21-5-4-14-32(38)28-29-42(46)47/h1-31H. The van der Waals surface area contributed by atoms with Crippen LogP contribution in [0, 0.1) is 0 Å². The van der Waals surface area contributed by atoms with E-state index in [2.05, 4.69) is 188 Å². The Hall–Kier alpha value is -6.31. The molecule has 0 N–H and O–H groups in total. The number of hydrogen-bond donors (Lipinski definition) is 0. The molecule has 8 aromatic carbocycles. The Labute approximate surface area is 285 Å². The van der Waals surface area contributed by atoms with Gasteiger partial charge in [0.1, 0.15) is 0 Å². The molecule has 0 bridgehead atoms. The van der Waals surface area contributed by atoms with Crippen LogP contribution in [0.4, 0.5) is 0 Å². The first-order valence-corrected chi connectivity index (χ1v) is 17.0. The van der Waals surface area contributed by atoms with Crippen molar-refractivity contribution in [3.63, 3.8) is 0 Å². The number of hydrogen-bond acceptors (Lipinski definition) is 1.